The minimum absolute atomic E-state index is 0.139. The number of aromatic nitrogens is 4. The van der Waals surface area contributed by atoms with Crippen LogP contribution in [0.15, 0.2) is 23.7 Å². The van der Waals surface area contributed by atoms with E-state index in [0.29, 0.717) is 10.7 Å². The van der Waals surface area contributed by atoms with Crippen molar-refractivity contribution in [3.63, 3.8) is 0 Å². The molecule has 0 bridgehead atoms. The van der Waals surface area contributed by atoms with Crippen LogP contribution in [0, 0.1) is 0 Å². The van der Waals surface area contributed by atoms with E-state index in [9.17, 15) is 13.2 Å². The minimum atomic E-state index is -4.33. The number of rotatable bonds is 4. The molecule has 4 nitrogen and oxygen atoms in total. The van der Waals surface area contributed by atoms with Gasteiger partial charge >= 0.3 is 6.18 Å². The van der Waals surface area contributed by atoms with Crippen LogP contribution in [0.4, 0.5) is 13.2 Å². The molecule has 0 radical (unpaired) electrons. The average Bonchev–Trinajstić information content (AvgIpc) is 2.76. The third-order valence-corrected chi connectivity index (χ3v) is 4.01. The molecule has 0 aliphatic rings. The summed E-state index contributed by atoms with van der Waals surface area (Å²) in [6, 6.07) is 1.53. The predicted molar refractivity (Wildman–Crippen MR) is 69.9 cm³/mol. The van der Waals surface area contributed by atoms with Gasteiger partial charge in [-0.05, 0) is 6.07 Å². The highest BCUT2D eigenvalue weighted by Crippen LogP contribution is 2.29. The van der Waals surface area contributed by atoms with E-state index < -0.39 is 12.7 Å². The zero-order chi connectivity index (χ0) is 14.8. The molecule has 0 aromatic carbocycles. The molecule has 0 spiro atoms. The van der Waals surface area contributed by atoms with Crippen LogP contribution >= 0.6 is 35.0 Å². The number of hydrogen-bond donors (Lipinski definition) is 0. The van der Waals surface area contributed by atoms with E-state index in [1.54, 1.807) is 0 Å². The Balaban J connectivity index is 2.08. The quantitative estimate of drug-likeness (QED) is 0.792. The van der Waals surface area contributed by atoms with E-state index in [-0.39, 0.29) is 15.9 Å². The van der Waals surface area contributed by atoms with Crippen LogP contribution < -0.4 is 0 Å². The lowest BCUT2D eigenvalue weighted by molar-refractivity contribution is -0.142. The van der Waals surface area contributed by atoms with E-state index in [1.807, 2.05) is 0 Å². The molecule has 20 heavy (non-hydrogen) atoms. The van der Waals surface area contributed by atoms with Gasteiger partial charge < -0.3 is 0 Å². The number of thioether (sulfide) groups is 1. The molecule has 10 heteroatoms. The first-order chi connectivity index (χ1) is 9.37. The molecule has 0 atom stereocenters. The van der Waals surface area contributed by atoms with Gasteiger partial charge in [0.2, 0.25) is 0 Å². The monoisotopic (exact) mass is 342 g/mol. The Morgan fingerprint density at radius 3 is 2.75 bits per heavy atom. The van der Waals surface area contributed by atoms with Gasteiger partial charge in [0.15, 0.2) is 5.16 Å². The van der Waals surface area contributed by atoms with Crippen molar-refractivity contribution in [3.8, 4) is 0 Å². The lowest BCUT2D eigenvalue weighted by atomic mass is 10.4. The van der Waals surface area contributed by atoms with E-state index in [0.717, 1.165) is 22.7 Å². The van der Waals surface area contributed by atoms with E-state index in [4.69, 9.17) is 23.2 Å². The fourth-order valence-corrected chi connectivity index (χ4v) is 2.64. The molecular weight excluding hydrogens is 336 g/mol. The summed E-state index contributed by atoms with van der Waals surface area (Å²) in [6.07, 6.45) is -1.82. The maximum absolute atomic E-state index is 12.3. The van der Waals surface area contributed by atoms with Crippen molar-refractivity contribution in [2.45, 2.75) is 23.6 Å². The van der Waals surface area contributed by atoms with Gasteiger partial charge in [0.1, 0.15) is 12.9 Å². The van der Waals surface area contributed by atoms with Crippen molar-refractivity contribution in [2.24, 2.45) is 0 Å². The van der Waals surface area contributed by atoms with Gasteiger partial charge in [-0.2, -0.15) is 13.2 Å². The summed E-state index contributed by atoms with van der Waals surface area (Å²) in [7, 11) is 0. The molecule has 0 N–H and O–H groups in total. The van der Waals surface area contributed by atoms with Gasteiger partial charge in [0.05, 0.1) is 15.7 Å². The van der Waals surface area contributed by atoms with Crippen molar-refractivity contribution >= 4 is 35.0 Å². The van der Waals surface area contributed by atoms with Gasteiger partial charge in [0.25, 0.3) is 0 Å². The summed E-state index contributed by atoms with van der Waals surface area (Å²) in [6.45, 7) is -1.14. The summed E-state index contributed by atoms with van der Waals surface area (Å²) < 4.78 is 37.9. The Hall–Kier alpha value is -0.990. The fraction of sp³-hybridized carbons (Fsp3) is 0.300. The first-order valence-electron chi connectivity index (χ1n) is 5.23. The van der Waals surface area contributed by atoms with Gasteiger partial charge in [-0.15, -0.1) is 10.2 Å². The van der Waals surface area contributed by atoms with Crippen molar-refractivity contribution in [2.75, 3.05) is 0 Å². The molecule has 0 amide bonds. The molecule has 2 heterocycles. The second-order valence-electron chi connectivity index (χ2n) is 3.70. The van der Waals surface area contributed by atoms with Gasteiger partial charge in [-0.3, -0.25) is 9.55 Å². The smallest absolute Gasteiger partial charge is 0.299 e. The maximum Gasteiger partial charge on any atom is 0.406 e. The van der Waals surface area contributed by atoms with Crippen molar-refractivity contribution in [1.82, 2.24) is 19.7 Å². The summed E-state index contributed by atoms with van der Waals surface area (Å²) in [5, 5.41) is 7.87. The number of nitrogens with zero attached hydrogens (tertiary/aromatic N) is 4. The van der Waals surface area contributed by atoms with E-state index in [2.05, 4.69) is 15.2 Å². The highest BCUT2D eigenvalue weighted by atomic mass is 35.5. The largest absolute Gasteiger partial charge is 0.406 e. The number of hydrogen-bond acceptors (Lipinski definition) is 4. The molecule has 0 unspecified atom stereocenters. The molecule has 0 aliphatic carbocycles. The zero-order valence-electron chi connectivity index (χ0n) is 9.73. The first kappa shape index (κ1) is 15.4. The molecule has 2 aromatic rings. The number of halogens is 5. The predicted octanol–water partition coefficient (Wildman–Crippen LogP) is 3.83. The maximum atomic E-state index is 12.3. The van der Waals surface area contributed by atoms with Crippen LogP contribution in [-0.2, 0) is 12.3 Å². The zero-order valence-corrected chi connectivity index (χ0v) is 12.1. The number of pyridine rings is 1. The third-order valence-electron chi connectivity index (χ3n) is 2.18. The van der Waals surface area contributed by atoms with E-state index >= 15 is 0 Å². The summed E-state index contributed by atoms with van der Waals surface area (Å²) in [5.74, 6) is 0.246. The van der Waals surface area contributed by atoms with Gasteiger partial charge in [0, 0.05) is 11.9 Å². The van der Waals surface area contributed by atoms with Crippen LogP contribution in [0.2, 0.25) is 10.0 Å². The van der Waals surface area contributed by atoms with Crippen molar-refractivity contribution in [3.05, 3.63) is 34.3 Å². The second-order valence-corrected chi connectivity index (χ2v) is 5.43. The lowest BCUT2D eigenvalue weighted by Crippen LogP contribution is -2.17. The second kappa shape index (κ2) is 6.19. The Morgan fingerprint density at radius 2 is 2.05 bits per heavy atom. The Labute approximate surface area is 126 Å². The minimum Gasteiger partial charge on any atom is -0.299 e. The molecule has 0 saturated heterocycles. The standard InChI is InChI=1S/C10H7Cl2F3N4S/c11-6-1-2-16-7(8(6)12)3-20-9-18-17-5-19(9)4-10(13,14)15/h1-2,5H,3-4H2. The van der Waals surface area contributed by atoms with Crippen LogP contribution in [-0.4, -0.2) is 25.9 Å². The average molecular weight is 343 g/mol. The summed E-state index contributed by atoms with van der Waals surface area (Å²) in [5.41, 5.74) is 0.478. The van der Waals surface area contributed by atoms with Gasteiger partial charge in [-0.25, -0.2) is 0 Å². The van der Waals surface area contributed by atoms with Crippen LogP contribution in [0.5, 0.6) is 0 Å². The highest BCUT2D eigenvalue weighted by Gasteiger charge is 2.29. The molecule has 0 fully saturated rings. The van der Waals surface area contributed by atoms with E-state index in [1.165, 1.54) is 12.3 Å². The Morgan fingerprint density at radius 1 is 1.30 bits per heavy atom. The van der Waals surface area contributed by atoms with Gasteiger partial charge in [-0.1, -0.05) is 35.0 Å². The SMILES string of the molecule is FC(F)(F)Cn1cnnc1SCc1nccc(Cl)c1Cl. The van der Waals surface area contributed by atoms with Crippen LogP contribution in [0.3, 0.4) is 0 Å². The third kappa shape index (κ3) is 4.00. The topological polar surface area (TPSA) is 43.6 Å². The molecule has 0 aliphatic heterocycles. The van der Waals surface area contributed by atoms with Crippen molar-refractivity contribution in [1.29, 1.82) is 0 Å². The molecule has 108 valence electrons. The molecule has 2 rings (SSSR count). The highest BCUT2D eigenvalue weighted by molar-refractivity contribution is 7.98. The van der Waals surface area contributed by atoms with Crippen molar-refractivity contribution < 1.29 is 13.2 Å². The molecule has 0 saturated carbocycles. The lowest BCUT2D eigenvalue weighted by Gasteiger charge is -2.09. The Bertz CT molecular complexity index is 602. The number of alkyl halides is 3. The van der Waals surface area contributed by atoms with Crippen LogP contribution in [0.1, 0.15) is 5.69 Å². The van der Waals surface area contributed by atoms with Crippen LogP contribution in [0.25, 0.3) is 0 Å². The Kier molecular flexibility index (Phi) is 4.77. The summed E-state index contributed by atoms with van der Waals surface area (Å²) >= 11 is 12.8. The fourth-order valence-electron chi connectivity index (χ4n) is 1.35. The summed E-state index contributed by atoms with van der Waals surface area (Å²) in [4.78, 5) is 4.03. The molecule has 2 aromatic heterocycles. The first-order valence-corrected chi connectivity index (χ1v) is 6.97. The molecular formula is C10H7Cl2F3N4S. The normalized spacial score (nSPS) is 11.8.